The molecular weight excluding hydrogens is 236 g/mol. The Morgan fingerprint density at radius 1 is 1.00 bits per heavy atom. The van der Waals surface area contributed by atoms with Crippen molar-refractivity contribution in [2.45, 2.75) is 53.4 Å². The molecule has 19 heavy (non-hydrogen) atoms. The van der Waals surface area contributed by atoms with E-state index in [4.69, 9.17) is 0 Å². The zero-order chi connectivity index (χ0) is 14.3. The van der Waals surface area contributed by atoms with Crippen LogP contribution in [0.25, 0.3) is 0 Å². The summed E-state index contributed by atoms with van der Waals surface area (Å²) >= 11 is 0. The second-order valence-electron chi connectivity index (χ2n) is 6.75. The van der Waals surface area contributed by atoms with Gasteiger partial charge in [0.2, 0.25) is 5.91 Å². The quantitative estimate of drug-likeness (QED) is 0.632. The average Bonchev–Trinajstić information content (AvgIpc) is 2.30. The summed E-state index contributed by atoms with van der Waals surface area (Å²) in [4.78, 5) is 16.4. The zero-order valence-corrected chi connectivity index (χ0v) is 13.3. The monoisotopic (exact) mass is 268 g/mol. The first-order chi connectivity index (χ1) is 8.99. The van der Waals surface area contributed by atoms with Crippen molar-refractivity contribution >= 4 is 5.91 Å². The van der Waals surface area contributed by atoms with Gasteiger partial charge < -0.3 is 4.90 Å². The summed E-state index contributed by atoms with van der Waals surface area (Å²) in [6.07, 6.45) is 5.05. The number of rotatable bonds is 8. The lowest BCUT2D eigenvalue weighted by Gasteiger charge is -2.35. The molecule has 112 valence electrons. The number of carbonyl (C=O) groups excluding carboxylic acids is 1. The first-order valence-corrected chi connectivity index (χ1v) is 7.99. The number of amides is 1. The summed E-state index contributed by atoms with van der Waals surface area (Å²) < 4.78 is 0. The Morgan fingerprint density at radius 3 is 2.32 bits per heavy atom. The van der Waals surface area contributed by atoms with Crippen molar-refractivity contribution in [1.29, 1.82) is 0 Å². The molecule has 1 rings (SSSR count). The van der Waals surface area contributed by atoms with Crippen molar-refractivity contribution < 1.29 is 4.79 Å². The van der Waals surface area contributed by atoms with Gasteiger partial charge in [-0.3, -0.25) is 9.69 Å². The van der Waals surface area contributed by atoms with E-state index in [0.29, 0.717) is 18.4 Å². The predicted octanol–water partition coefficient (Wildman–Crippen LogP) is 3.00. The van der Waals surface area contributed by atoms with E-state index in [1.165, 1.54) is 25.7 Å². The van der Waals surface area contributed by atoms with E-state index in [0.717, 1.165) is 32.1 Å². The van der Waals surface area contributed by atoms with Gasteiger partial charge in [-0.05, 0) is 18.3 Å². The zero-order valence-electron chi connectivity index (χ0n) is 13.3. The molecule has 0 atom stereocenters. The van der Waals surface area contributed by atoms with Crippen LogP contribution in [-0.2, 0) is 4.79 Å². The van der Waals surface area contributed by atoms with Crippen LogP contribution in [0.3, 0.4) is 0 Å². The molecule has 0 aromatic heterocycles. The minimum Gasteiger partial charge on any atom is -0.340 e. The number of piperazine rings is 1. The molecule has 1 amide bonds. The summed E-state index contributed by atoms with van der Waals surface area (Å²) in [5.41, 5.74) is 0. The molecule has 0 N–H and O–H groups in total. The minimum atomic E-state index is 0.329. The Balaban J connectivity index is 2.14. The van der Waals surface area contributed by atoms with Crippen molar-refractivity contribution in [1.82, 2.24) is 9.80 Å². The van der Waals surface area contributed by atoms with Crippen LogP contribution in [0.2, 0.25) is 0 Å². The average molecular weight is 268 g/mol. The van der Waals surface area contributed by atoms with Crippen LogP contribution in [0.15, 0.2) is 0 Å². The van der Waals surface area contributed by atoms with Crippen molar-refractivity contribution in [2.75, 3.05) is 32.7 Å². The van der Waals surface area contributed by atoms with Gasteiger partial charge in [-0.1, -0.05) is 47.0 Å². The largest absolute Gasteiger partial charge is 0.340 e. The molecule has 0 aromatic rings. The van der Waals surface area contributed by atoms with E-state index in [-0.39, 0.29) is 0 Å². The third-order valence-electron chi connectivity index (χ3n) is 3.73. The lowest BCUT2D eigenvalue weighted by atomic mass is 10.1. The molecule has 0 aromatic carbocycles. The second kappa shape index (κ2) is 8.57. The van der Waals surface area contributed by atoms with Gasteiger partial charge in [-0.15, -0.1) is 0 Å². The Labute approximate surface area is 119 Å². The molecule has 3 nitrogen and oxygen atoms in total. The number of hydrogen-bond donors (Lipinski definition) is 0. The predicted molar refractivity (Wildman–Crippen MR) is 81.2 cm³/mol. The number of hydrogen-bond acceptors (Lipinski definition) is 2. The normalized spacial score (nSPS) is 17.8. The fraction of sp³-hybridized carbons (Fsp3) is 0.938. The molecule has 1 heterocycles. The van der Waals surface area contributed by atoms with Crippen LogP contribution in [0.1, 0.15) is 53.4 Å². The first-order valence-electron chi connectivity index (χ1n) is 7.99. The molecule has 0 spiro atoms. The minimum absolute atomic E-state index is 0.329. The van der Waals surface area contributed by atoms with Gasteiger partial charge in [0.25, 0.3) is 0 Å². The number of nitrogens with zero attached hydrogens (tertiary/aromatic N) is 2. The number of carbonyl (C=O) groups is 1. The van der Waals surface area contributed by atoms with Crippen LogP contribution < -0.4 is 0 Å². The molecule has 1 aliphatic rings. The Kier molecular flexibility index (Phi) is 7.44. The van der Waals surface area contributed by atoms with Crippen LogP contribution in [0, 0.1) is 11.8 Å². The van der Waals surface area contributed by atoms with Gasteiger partial charge in [-0.2, -0.15) is 0 Å². The van der Waals surface area contributed by atoms with Gasteiger partial charge in [0.15, 0.2) is 0 Å². The molecule has 0 aliphatic carbocycles. The highest BCUT2D eigenvalue weighted by Crippen LogP contribution is 2.11. The summed E-state index contributed by atoms with van der Waals surface area (Å²) in [7, 11) is 0. The lowest BCUT2D eigenvalue weighted by Crippen LogP contribution is -2.51. The molecule has 0 unspecified atom stereocenters. The van der Waals surface area contributed by atoms with Crippen LogP contribution in [-0.4, -0.2) is 48.4 Å². The van der Waals surface area contributed by atoms with E-state index in [1.54, 1.807) is 0 Å². The van der Waals surface area contributed by atoms with Crippen LogP contribution >= 0.6 is 0 Å². The van der Waals surface area contributed by atoms with Crippen molar-refractivity contribution in [3.8, 4) is 0 Å². The molecular formula is C16H32N2O. The van der Waals surface area contributed by atoms with E-state index in [2.05, 4.69) is 37.5 Å². The van der Waals surface area contributed by atoms with E-state index >= 15 is 0 Å². The summed E-state index contributed by atoms with van der Waals surface area (Å²) in [6.45, 7) is 13.6. The van der Waals surface area contributed by atoms with Crippen LogP contribution in [0.4, 0.5) is 0 Å². The van der Waals surface area contributed by atoms with Crippen LogP contribution in [0.5, 0.6) is 0 Å². The topological polar surface area (TPSA) is 23.6 Å². The van der Waals surface area contributed by atoms with Crippen molar-refractivity contribution in [3.05, 3.63) is 0 Å². The Morgan fingerprint density at radius 2 is 1.74 bits per heavy atom. The van der Waals surface area contributed by atoms with E-state index in [1.807, 2.05) is 0 Å². The molecule has 1 aliphatic heterocycles. The molecule has 3 heteroatoms. The van der Waals surface area contributed by atoms with Gasteiger partial charge >= 0.3 is 0 Å². The SMILES string of the molecule is CC(C)CCCCCN1CCN(CC(C)C)CC1=O. The lowest BCUT2D eigenvalue weighted by molar-refractivity contribution is -0.136. The van der Waals surface area contributed by atoms with E-state index < -0.39 is 0 Å². The van der Waals surface area contributed by atoms with E-state index in [9.17, 15) is 4.79 Å². The summed E-state index contributed by atoms with van der Waals surface area (Å²) in [6, 6.07) is 0. The molecule has 1 fully saturated rings. The van der Waals surface area contributed by atoms with Gasteiger partial charge in [0.05, 0.1) is 6.54 Å². The standard InChI is InChI=1S/C16H32N2O/c1-14(2)8-6-5-7-9-18-11-10-17(12-15(3)4)13-16(18)19/h14-15H,5-13H2,1-4H3. The maximum absolute atomic E-state index is 12.0. The van der Waals surface area contributed by atoms with Gasteiger partial charge in [-0.25, -0.2) is 0 Å². The molecule has 1 saturated heterocycles. The fourth-order valence-corrected chi connectivity index (χ4v) is 2.70. The maximum Gasteiger partial charge on any atom is 0.236 e. The fourth-order valence-electron chi connectivity index (χ4n) is 2.70. The van der Waals surface area contributed by atoms with Gasteiger partial charge in [0.1, 0.15) is 0 Å². The van der Waals surface area contributed by atoms with Crippen molar-refractivity contribution in [3.63, 3.8) is 0 Å². The highest BCUT2D eigenvalue weighted by Gasteiger charge is 2.23. The summed E-state index contributed by atoms with van der Waals surface area (Å²) in [5, 5.41) is 0. The smallest absolute Gasteiger partial charge is 0.236 e. The maximum atomic E-state index is 12.0. The highest BCUT2D eigenvalue weighted by atomic mass is 16.2. The third kappa shape index (κ3) is 6.95. The number of unbranched alkanes of at least 4 members (excludes halogenated alkanes) is 2. The molecule has 0 bridgehead atoms. The highest BCUT2D eigenvalue weighted by molar-refractivity contribution is 5.79. The Bertz CT molecular complexity index is 263. The second-order valence-corrected chi connectivity index (χ2v) is 6.75. The van der Waals surface area contributed by atoms with Crippen molar-refractivity contribution in [2.24, 2.45) is 11.8 Å². The molecule has 0 radical (unpaired) electrons. The Hall–Kier alpha value is -0.570. The molecule has 0 saturated carbocycles. The summed E-state index contributed by atoms with van der Waals surface area (Å²) in [5.74, 6) is 1.78. The third-order valence-corrected chi connectivity index (χ3v) is 3.73. The van der Waals surface area contributed by atoms with Gasteiger partial charge in [0, 0.05) is 26.2 Å². The first kappa shape index (κ1) is 16.5.